The maximum Gasteiger partial charge on any atom is 0.418 e. The lowest BCUT2D eigenvalue weighted by molar-refractivity contribution is -0.136. The lowest BCUT2D eigenvalue weighted by atomic mass is 9.95. The summed E-state index contributed by atoms with van der Waals surface area (Å²) in [5.74, 6) is 0.682. The maximum atomic E-state index is 14.0. The first-order valence-corrected chi connectivity index (χ1v) is 13.4. The van der Waals surface area contributed by atoms with Crippen LogP contribution < -0.4 is 10.1 Å². The number of methoxy groups -OCH3 is 1. The number of anilines is 1. The number of amides is 2. The predicted octanol–water partition coefficient (Wildman–Crippen LogP) is 7.58. The largest absolute Gasteiger partial charge is 0.497 e. The third-order valence-corrected chi connectivity index (χ3v) is 8.68. The van der Waals surface area contributed by atoms with Gasteiger partial charge in [-0.25, -0.2) is 4.79 Å². The molecule has 196 valence electrons. The zero-order valence-electron chi connectivity index (χ0n) is 20.7. The molecule has 1 aliphatic carbocycles. The van der Waals surface area contributed by atoms with Crippen molar-refractivity contribution in [2.24, 2.45) is 0 Å². The van der Waals surface area contributed by atoms with Gasteiger partial charge < -0.3 is 19.5 Å². The highest BCUT2D eigenvalue weighted by atomic mass is 32.1. The van der Waals surface area contributed by atoms with Crippen LogP contribution in [0, 0.1) is 0 Å². The summed E-state index contributed by atoms with van der Waals surface area (Å²) in [5, 5.41) is 3.68. The number of thiophene rings is 1. The van der Waals surface area contributed by atoms with Crippen LogP contribution in [0.4, 0.5) is 23.7 Å². The van der Waals surface area contributed by atoms with Crippen molar-refractivity contribution in [3.05, 3.63) is 99.7 Å². The number of hydrogen-bond acceptors (Lipinski definition) is 3. The van der Waals surface area contributed by atoms with Gasteiger partial charge >= 0.3 is 12.2 Å². The van der Waals surface area contributed by atoms with Crippen molar-refractivity contribution in [3.63, 3.8) is 0 Å². The highest BCUT2D eigenvalue weighted by molar-refractivity contribution is 7.15. The number of benzene rings is 2. The summed E-state index contributed by atoms with van der Waals surface area (Å²) in [7, 11) is 1.59. The van der Waals surface area contributed by atoms with Crippen LogP contribution in [-0.4, -0.2) is 22.6 Å². The molecular formula is C29H26F3N3O2S. The minimum absolute atomic E-state index is 0.259. The molecule has 5 nitrogen and oxygen atoms in total. The van der Waals surface area contributed by atoms with Gasteiger partial charge in [0.25, 0.3) is 0 Å². The Bertz CT molecular complexity index is 1490. The minimum Gasteiger partial charge on any atom is -0.497 e. The van der Waals surface area contributed by atoms with Crippen LogP contribution in [0.15, 0.2) is 66.9 Å². The van der Waals surface area contributed by atoms with Crippen molar-refractivity contribution in [2.75, 3.05) is 12.4 Å². The Morgan fingerprint density at radius 3 is 2.53 bits per heavy atom. The van der Waals surface area contributed by atoms with Crippen molar-refractivity contribution in [3.8, 4) is 10.8 Å². The first kappa shape index (κ1) is 24.6. The molecule has 0 unspecified atom stereocenters. The van der Waals surface area contributed by atoms with E-state index in [0.717, 1.165) is 53.6 Å². The second-order valence-electron chi connectivity index (χ2n) is 9.57. The van der Waals surface area contributed by atoms with E-state index in [9.17, 15) is 18.0 Å². The quantitative estimate of drug-likeness (QED) is 0.293. The van der Waals surface area contributed by atoms with Crippen LogP contribution in [0.2, 0.25) is 0 Å². The molecule has 1 atom stereocenters. The van der Waals surface area contributed by atoms with Crippen molar-refractivity contribution in [2.45, 2.75) is 44.4 Å². The maximum absolute atomic E-state index is 14.0. The molecule has 1 aliphatic heterocycles. The summed E-state index contributed by atoms with van der Waals surface area (Å²) < 4.78 is 48.7. The number of fused-ring (bicyclic) bond motifs is 5. The lowest BCUT2D eigenvalue weighted by Crippen LogP contribution is -2.38. The Morgan fingerprint density at radius 1 is 1.00 bits per heavy atom. The molecule has 1 N–H and O–H groups in total. The van der Waals surface area contributed by atoms with Crippen LogP contribution in [0.1, 0.15) is 51.7 Å². The van der Waals surface area contributed by atoms with Crippen LogP contribution in [0.5, 0.6) is 5.75 Å². The molecule has 0 saturated heterocycles. The lowest BCUT2D eigenvalue weighted by Gasteiger charge is -2.32. The zero-order valence-corrected chi connectivity index (χ0v) is 21.5. The topological polar surface area (TPSA) is 46.5 Å². The highest BCUT2D eigenvalue weighted by Crippen LogP contribution is 2.44. The molecule has 2 aromatic heterocycles. The third-order valence-electron chi connectivity index (χ3n) is 7.35. The van der Waals surface area contributed by atoms with E-state index in [-0.39, 0.29) is 5.69 Å². The number of alkyl halides is 3. The van der Waals surface area contributed by atoms with Gasteiger partial charge in [0.15, 0.2) is 0 Å². The highest BCUT2D eigenvalue weighted by Gasteiger charge is 2.38. The SMILES string of the molecule is COc1ccc([C@H]2c3cccn3-c3sc4c(c3CN2C(=O)Nc2ccccc2C(F)(F)F)CCCC4)cc1. The molecule has 2 aliphatic rings. The molecule has 0 bridgehead atoms. The molecule has 9 heteroatoms. The van der Waals surface area contributed by atoms with Crippen LogP contribution in [-0.2, 0) is 25.6 Å². The van der Waals surface area contributed by atoms with Gasteiger partial charge in [-0.15, -0.1) is 11.3 Å². The van der Waals surface area contributed by atoms with Crippen LogP contribution in [0.25, 0.3) is 5.00 Å². The number of aryl methyl sites for hydroxylation is 1. The second kappa shape index (κ2) is 9.54. The molecule has 4 aromatic rings. The molecular weight excluding hydrogens is 511 g/mol. The Kier molecular flexibility index (Phi) is 6.18. The number of aromatic nitrogens is 1. The van der Waals surface area contributed by atoms with Gasteiger partial charge in [0, 0.05) is 16.6 Å². The Balaban J connectivity index is 1.48. The predicted molar refractivity (Wildman–Crippen MR) is 141 cm³/mol. The average Bonchev–Trinajstić information content (AvgIpc) is 3.50. The van der Waals surface area contributed by atoms with Gasteiger partial charge in [-0.05, 0) is 73.2 Å². The van der Waals surface area contributed by atoms with Crippen molar-refractivity contribution in [1.29, 1.82) is 0 Å². The van der Waals surface area contributed by atoms with E-state index < -0.39 is 23.8 Å². The van der Waals surface area contributed by atoms with Gasteiger partial charge in [-0.2, -0.15) is 13.2 Å². The Labute approximate surface area is 222 Å². The summed E-state index contributed by atoms with van der Waals surface area (Å²) in [5.41, 5.74) is 2.95. The average molecular weight is 538 g/mol. The van der Waals surface area contributed by atoms with Crippen molar-refractivity contribution >= 4 is 23.1 Å². The fraction of sp³-hybridized carbons (Fsp3) is 0.276. The van der Waals surface area contributed by atoms with Gasteiger partial charge in [-0.1, -0.05) is 24.3 Å². The number of nitrogens with one attached hydrogen (secondary N) is 1. The number of nitrogens with zero attached hydrogens (tertiary/aromatic N) is 2. The van der Waals surface area contributed by atoms with Gasteiger partial charge in [0.1, 0.15) is 10.8 Å². The normalized spacial score (nSPS) is 16.7. The summed E-state index contributed by atoms with van der Waals surface area (Å²) in [6, 6.07) is 15.4. The molecule has 0 spiro atoms. The number of carbonyl (C=O) groups excluding carboxylic acids is 1. The molecule has 3 heterocycles. The number of carbonyl (C=O) groups is 1. The number of hydrogen-bond donors (Lipinski definition) is 1. The van der Waals surface area contributed by atoms with Crippen LogP contribution in [0.3, 0.4) is 0 Å². The van der Waals surface area contributed by atoms with Gasteiger partial charge in [0.05, 0.1) is 36.6 Å². The standard InChI is InChI=1S/C29H26F3N3O2S/c1-37-19-14-12-18(13-15-19)26-24-10-6-16-34(24)27-21(20-7-2-5-11-25(20)38-27)17-35(26)28(36)33-23-9-4-3-8-22(23)29(30,31)32/h3-4,6,8-10,12-16,26H,2,5,7,11,17H2,1H3,(H,33,36)/t26-/m0/s1. The summed E-state index contributed by atoms with van der Waals surface area (Å²) in [4.78, 5) is 17.0. The van der Waals surface area contributed by atoms with E-state index in [1.165, 1.54) is 28.6 Å². The van der Waals surface area contributed by atoms with Crippen LogP contribution >= 0.6 is 11.3 Å². The molecule has 0 saturated carbocycles. The fourth-order valence-electron chi connectivity index (χ4n) is 5.55. The van der Waals surface area contributed by atoms with E-state index >= 15 is 0 Å². The van der Waals surface area contributed by atoms with E-state index in [1.54, 1.807) is 23.3 Å². The van der Waals surface area contributed by atoms with E-state index in [0.29, 0.717) is 12.3 Å². The first-order chi connectivity index (χ1) is 18.3. The molecule has 38 heavy (non-hydrogen) atoms. The Morgan fingerprint density at radius 2 is 1.76 bits per heavy atom. The van der Waals surface area contributed by atoms with Gasteiger partial charge in [-0.3, -0.25) is 0 Å². The van der Waals surface area contributed by atoms with Crippen molar-refractivity contribution < 1.29 is 22.7 Å². The minimum atomic E-state index is -4.59. The molecule has 2 amide bonds. The molecule has 2 aromatic carbocycles. The number of urea groups is 1. The summed E-state index contributed by atoms with van der Waals surface area (Å²) in [6.07, 6.45) is 1.59. The van der Waals surface area contributed by atoms with Crippen molar-refractivity contribution in [1.82, 2.24) is 9.47 Å². The monoisotopic (exact) mass is 537 g/mol. The number of para-hydroxylation sites is 1. The summed E-state index contributed by atoms with van der Waals surface area (Å²) >= 11 is 1.76. The van der Waals surface area contributed by atoms with E-state index in [1.807, 2.05) is 42.6 Å². The number of ether oxygens (including phenoxy) is 1. The number of rotatable bonds is 3. The molecule has 0 radical (unpaired) electrons. The van der Waals surface area contributed by atoms with E-state index in [4.69, 9.17) is 4.74 Å². The zero-order chi connectivity index (χ0) is 26.4. The summed E-state index contributed by atoms with van der Waals surface area (Å²) in [6.45, 7) is 0.291. The van der Waals surface area contributed by atoms with Gasteiger partial charge in [0.2, 0.25) is 0 Å². The second-order valence-corrected chi connectivity index (χ2v) is 10.7. The third kappa shape index (κ3) is 4.24. The van der Waals surface area contributed by atoms with E-state index in [2.05, 4.69) is 9.88 Å². The number of halogens is 3. The molecule has 6 rings (SSSR count). The first-order valence-electron chi connectivity index (χ1n) is 12.5. The smallest absolute Gasteiger partial charge is 0.418 e. The molecule has 0 fully saturated rings. The Hall–Kier alpha value is -3.72. The fourth-order valence-corrected chi connectivity index (χ4v) is 6.95.